The Morgan fingerprint density at radius 3 is 2.81 bits per heavy atom. The molecule has 5 rings (SSSR count). The summed E-state index contributed by atoms with van der Waals surface area (Å²) in [6.07, 6.45) is 7.24. The number of imidazole rings is 1. The summed E-state index contributed by atoms with van der Waals surface area (Å²) >= 11 is 0. The normalized spacial score (nSPS) is 11.3. The standard InChI is InChI=1S/C24H22N6O2/c1-16(2)30-23-17(12-26-30)11-18(13-25-23)28-24(31)20-7-3-4-8-21(20)32-15-19-14-29-10-6-5-9-22(29)27-19/h3-14,16H,15H2,1-2H3,(H,28,31). The Kier molecular flexibility index (Phi) is 5.03. The Bertz CT molecular complexity index is 1390. The predicted octanol–water partition coefficient (Wildman–Crippen LogP) is 4.49. The van der Waals surface area contributed by atoms with Crippen molar-refractivity contribution in [1.82, 2.24) is 24.1 Å². The van der Waals surface area contributed by atoms with Crippen molar-refractivity contribution in [2.75, 3.05) is 5.32 Å². The van der Waals surface area contributed by atoms with E-state index in [1.807, 2.05) is 65.7 Å². The number of amides is 1. The van der Waals surface area contributed by atoms with Gasteiger partial charge in [0.1, 0.15) is 18.0 Å². The molecule has 0 unspecified atom stereocenters. The summed E-state index contributed by atoms with van der Waals surface area (Å²) in [7, 11) is 0. The van der Waals surface area contributed by atoms with Crippen molar-refractivity contribution in [3.8, 4) is 5.75 Å². The lowest BCUT2D eigenvalue weighted by atomic mass is 10.2. The van der Waals surface area contributed by atoms with Crippen molar-refractivity contribution in [2.24, 2.45) is 0 Å². The fourth-order valence-electron chi connectivity index (χ4n) is 3.57. The summed E-state index contributed by atoms with van der Waals surface area (Å²) in [5, 5.41) is 8.15. The molecule has 32 heavy (non-hydrogen) atoms. The number of aromatic nitrogens is 5. The number of pyridine rings is 2. The highest BCUT2D eigenvalue weighted by Gasteiger charge is 2.15. The molecule has 5 aromatic rings. The van der Waals surface area contributed by atoms with Crippen LogP contribution in [0.25, 0.3) is 16.7 Å². The topological polar surface area (TPSA) is 86.3 Å². The highest BCUT2D eigenvalue weighted by molar-refractivity contribution is 6.06. The Hall–Kier alpha value is -4.20. The quantitative estimate of drug-likeness (QED) is 0.432. The minimum absolute atomic E-state index is 0.206. The number of carbonyl (C=O) groups excluding carboxylic acids is 1. The minimum Gasteiger partial charge on any atom is -0.486 e. The number of fused-ring (bicyclic) bond motifs is 2. The van der Waals surface area contributed by atoms with Crippen molar-refractivity contribution in [3.63, 3.8) is 0 Å². The van der Waals surface area contributed by atoms with Gasteiger partial charge in [0, 0.05) is 23.8 Å². The van der Waals surface area contributed by atoms with Crippen molar-refractivity contribution < 1.29 is 9.53 Å². The molecule has 8 nitrogen and oxygen atoms in total. The zero-order valence-corrected chi connectivity index (χ0v) is 17.8. The second-order valence-corrected chi connectivity index (χ2v) is 7.76. The summed E-state index contributed by atoms with van der Waals surface area (Å²) in [5.41, 5.74) is 3.45. The van der Waals surface area contributed by atoms with E-state index in [9.17, 15) is 4.79 Å². The molecule has 0 saturated heterocycles. The number of para-hydroxylation sites is 1. The van der Waals surface area contributed by atoms with Gasteiger partial charge in [0.15, 0.2) is 5.65 Å². The summed E-state index contributed by atoms with van der Waals surface area (Å²) in [6.45, 7) is 4.36. The van der Waals surface area contributed by atoms with E-state index in [0.717, 1.165) is 22.4 Å². The Labute approximate surface area is 184 Å². The highest BCUT2D eigenvalue weighted by Crippen LogP contribution is 2.23. The predicted molar refractivity (Wildman–Crippen MR) is 122 cm³/mol. The monoisotopic (exact) mass is 426 g/mol. The number of carbonyl (C=O) groups is 1. The molecule has 4 heterocycles. The van der Waals surface area contributed by atoms with Crippen LogP contribution >= 0.6 is 0 Å². The molecule has 4 aromatic heterocycles. The van der Waals surface area contributed by atoms with E-state index in [-0.39, 0.29) is 18.6 Å². The van der Waals surface area contributed by atoms with Crippen LogP contribution in [0.5, 0.6) is 5.75 Å². The lowest BCUT2D eigenvalue weighted by Gasteiger charge is -2.11. The number of nitrogens with zero attached hydrogens (tertiary/aromatic N) is 5. The minimum atomic E-state index is -0.270. The smallest absolute Gasteiger partial charge is 0.259 e. The summed E-state index contributed by atoms with van der Waals surface area (Å²) in [5.74, 6) is 0.219. The Morgan fingerprint density at radius 1 is 1.12 bits per heavy atom. The van der Waals surface area contributed by atoms with Gasteiger partial charge in [0.05, 0.1) is 29.3 Å². The van der Waals surface area contributed by atoms with Crippen LogP contribution in [0.4, 0.5) is 5.69 Å². The number of anilines is 1. The molecular formula is C24H22N6O2. The van der Waals surface area contributed by atoms with E-state index in [1.54, 1.807) is 30.6 Å². The van der Waals surface area contributed by atoms with Crippen LogP contribution in [0.3, 0.4) is 0 Å². The van der Waals surface area contributed by atoms with Crippen LogP contribution in [-0.4, -0.2) is 30.1 Å². The molecule has 8 heteroatoms. The molecule has 0 saturated carbocycles. The van der Waals surface area contributed by atoms with Gasteiger partial charge >= 0.3 is 0 Å². The average Bonchev–Trinajstić information content (AvgIpc) is 3.41. The summed E-state index contributed by atoms with van der Waals surface area (Å²) in [6, 6.07) is 15.0. The van der Waals surface area contributed by atoms with Crippen molar-refractivity contribution in [2.45, 2.75) is 26.5 Å². The van der Waals surface area contributed by atoms with Crippen molar-refractivity contribution in [3.05, 3.63) is 84.6 Å². The molecule has 0 aliphatic carbocycles. The van der Waals surface area contributed by atoms with Gasteiger partial charge < -0.3 is 14.5 Å². The third-order valence-corrected chi connectivity index (χ3v) is 5.10. The fraction of sp³-hybridized carbons (Fsp3) is 0.167. The third kappa shape index (κ3) is 3.78. The number of hydrogen-bond acceptors (Lipinski definition) is 5. The van der Waals surface area contributed by atoms with E-state index < -0.39 is 0 Å². The lowest BCUT2D eigenvalue weighted by Crippen LogP contribution is -2.14. The van der Waals surface area contributed by atoms with E-state index in [2.05, 4.69) is 20.4 Å². The first kappa shape index (κ1) is 19.7. The van der Waals surface area contributed by atoms with E-state index in [4.69, 9.17) is 4.74 Å². The molecule has 0 fully saturated rings. The Balaban J connectivity index is 1.33. The molecule has 160 valence electrons. The van der Waals surface area contributed by atoms with Gasteiger partial charge in [0.25, 0.3) is 5.91 Å². The number of rotatable bonds is 6. The molecule has 0 aliphatic rings. The summed E-state index contributed by atoms with van der Waals surface area (Å²) < 4.78 is 9.73. The van der Waals surface area contributed by atoms with Gasteiger partial charge in [0.2, 0.25) is 0 Å². The lowest BCUT2D eigenvalue weighted by molar-refractivity contribution is 0.102. The molecule has 1 amide bonds. The van der Waals surface area contributed by atoms with E-state index in [1.165, 1.54) is 0 Å². The van der Waals surface area contributed by atoms with E-state index in [0.29, 0.717) is 17.0 Å². The van der Waals surface area contributed by atoms with Crippen LogP contribution in [0.15, 0.2) is 73.3 Å². The Morgan fingerprint density at radius 2 is 1.97 bits per heavy atom. The zero-order valence-electron chi connectivity index (χ0n) is 17.8. The van der Waals surface area contributed by atoms with Gasteiger partial charge in [-0.2, -0.15) is 5.10 Å². The zero-order chi connectivity index (χ0) is 22.1. The number of hydrogen-bond donors (Lipinski definition) is 1. The number of benzene rings is 1. The average molecular weight is 426 g/mol. The largest absolute Gasteiger partial charge is 0.486 e. The van der Waals surface area contributed by atoms with Crippen LogP contribution in [0.2, 0.25) is 0 Å². The molecule has 0 spiro atoms. The van der Waals surface area contributed by atoms with Gasteiger partial charge in [-0.15, -0.1) is 0 Å². The van der Waals surface area contributed by atoms with Gasteiger partial charge in [-0.05, 0) is 44.2 Å². The van der Waals surface area contributed by atoms with Crippen LogP contribution < -0.4 is 10.1 Å². The molecule has 1 N–H and O–H groups in total. The highest BCUT2D eigenvalue weighted by atomic mass is 16.5. The maximum absolute atomic E-state index is 13.0. The first-order chi connectivity index (χ1) is 15.6. The van der Waals surface area contributed by atoms with E-state index >= 15 is 0 Å². The molecule has 0 aliphatic heterocycles. The fourth-order valence-corrected chi connectivity index (χ4v) is 3.57. The van der Waals surface area contributed by atoms with Crippen molar-refractivity contribution in [1.29, 1.82) is 0 Å². The van der Waals surface area contributed by atoms with Gasteiger partial charge in [-0.25, -0.2) is 14.6 Å². The first-order valence-corrected chi connectivity index (χ1v) is 10.4. The molecule has 0 radical (unpaired) electrons. The molecule has 0 atom stereocenters. The molecular weight excluding hydrogens is 404 g/mol. The first-order valence-electron chi connectivity index (χ1n) is 10.4. The van der Waals surface area contributed by atoms with Crippen LogP contribution in [0.1, 0.15) is 35.9 Å². The van der Waals surface area contributed by atoms with Gasteiger partial charge in [-0.1, -0.05) is 18.2 Å². The maximum Gasteiger partial charge on any atom is 0.259 e. The number of ether oxygens (including phenoxy) is 1. The summed E-state index contributed by atoms with van der Waals surface area (Å²) in [4.78, 5) is 22.0. The van der Waals surface area contributed by atoms with Gasteiger partial charge in [-0.3, -0.25) is 4.79 Å². The number of nitrogens with one attached hydrogen (secondary N) is 1. The van der Waals surface area contributed by atoms with Crippen LogP contribution in [0, 0.1) is 0 Å². The second-order valence-electron chi connectivity index (χ2n) is 7.76. The second kappa shape index (κ2) is 8.14. The SMILES string of the molecule is CC(C)n1ncc2cc(NC(=O)c3ccccc3OCc3cn4ccccc4n3)cnc21. The van der Waals surface area contributed by atoms with Crippen molar-refractivity contribution >= 4 is 28.3 Å². The third-order valence-electron chi connectivity index (χ3n) is 5.10. The maximum atomic E-state index is 13.0. The van der Waals surface area contributed by atoms with Crippen LogP contribution in [-0.2, 0) is 6.61 Å². The molecule has 0 bridgehead atoms. The molecule has 1 aromatic carbocycles.